The Labute approximate surface area is 167 Å². The molecule has 0 heterocycles. The lowest BCUT2D eigenvalue weighted by atomic mass is 10.1. The Morgan fingerprint density at radius 3 is 2.31 bits per heavy atom. The molecular weight excluding hydrogens is 402 g/mol. The smallest absolute Gasteiger partial charge is 0.338 e. The maximum atomic E-state index is 12.1. The Balaban J connectivity index is 2.00. The van der Waals surface area contributed by atoms with Crippen LogP contribution >= 0.6 is 0 Å². The molecule has 0 aromatic heterocycles. The molecule has 1 N–H and O–H groups in total. The molecule has 0 saturated carbocycles. The molecule has 0 fully saturated rings. The van der Waals surface area contributed by atoms with Crippen molar-refractivity contribution in [1.29, 1.82) is 0 Å². The lowest BCUT2D eigenvalue weighted by Gasteiger charge is -2.11. The number of amides is 1. The van der Waals surface area contributed by atoms with E-state index in [1.165, 1.54) is 63.5 Å². The molecule has 2 rings (SSSR count). The van der Waals surface area contributed by atoms with E-state index in [1.807, 2.05) is 0 Å². The number of anilines is 1. The fraction of sp³-hybridized carbons (Fsp3) is 0.222. The van der Waals surface area contributed by atoms with Crippen LogP contribution in [0.3, 0.4) is 0 Å². The maximum absolute atomic E-state index is 12.1. The molecule has 2 aromatic rings. The fourth-order valence-electron chi connectivity index (χ4n) is 2.33. The number of sulfonamides is 1. The summed E-state index contributed by atoms with van der Waals surface area (Å²) in [5.41, 5.74) is 0.433. The molecule has 0 unspecified atom stereocenters. The molecule has 11 heteroatoms. The molecule has 0 aliphatic heterocycles. The number of rotatable bonds is 7. The first-order valence-electron chi connectivity index (χ1n) is 8.27. The number of nitrogens with zero attached hydrogens (tertiary/aromatic N) is 2. The second-order valence-corrected chi connectivity index (χ2v) is 8.29. The zero-order chi connectivity index (χ0) is 21.8. The Hall–Kier alpha value is -3.31. The molecule has 0 spiro atoms. The second-order valence-electron chi connectivity index (χ2n) is 6.14. The maximum Gasteiger partial charge on any atom is 0.338 e. The molecule has 10 nitrogen and oxygen atoms in total. The minimum absolute atomic E-state index is 0.0120. The van der Waals surface area contributed by atoms with Gasteiger partial charge < -0.3 is 10.1 Å². The van der Waals surface area contributed by atoms with E-state index in [1.54, 1.807) is 0 Å². The van der Waals surface area contributed by atoms with Crippen molar-refractivity contribution >= 4 is 33.3 Å². The molecule has 0 atom stereocenters. The number of nitro benzene ring substituents is 1. The van der Waals surface area contributed by atoms with Gasteiger partial charge in [0, 0.05) is 20.2 Å². The first-order valence-corrected chi connectivity index (χ1v) is 9.71. The fourth-order valence-corrected chi connectivity index (χ4v) is 3.23. The van der Waals surface area contributed by atoms with Gasteiger partial charge in [0.25, 0.3) is 11.6 Å². The minimum Gasteiger partial charge on any atom is -0.452 e. The quantitative estimate of drug-likeness (QED) is 0.410. The van der Waals surface area contributed by atoms with E-state index in [4.69, 9.17) is 4.74 Å². The van der Waals surface area contributed by atoms with Crippen LogP contribution in [0.1, 0.15) is 15.9 Å². The molecule has 0 radical (unpaired) electrons. The van der Waals surface area contributed by atoms with Crippen LogP contribution in [0.2, 0.25) is 0 Å². The molecule has 1 amide bonds. The van der Waals surface area contributed by atoms with Gasteiger partial charge in [-0.3, -0.25) is 14.9 Å². The molecule has 29 heavy (non-hydrogen) atoms. The lowest BCUT2D eigenvalue weighted by Crippen LogP contribution is -2.22. The predicted molar refractivity (Wildman–Crippen MR) is 104 cm³/mol. The average Bonchev–Trinajstić information content (AvgIpc) is 2.67. The zero-order valence-corrected chi connectivity index (χ0v) is 16.7. The van der Waals surface area contributed by atoms with E-state index in [2.05, 4.69) is 5.32 Å². The average molecular weight is 421 g/mol. The third-order valence-corrected chi connectivity index (χ3v) is 5.81. The monoisotopic (exact) mass is 421 g/mol. The van der Waals surface area contributed by atoms with Crippen LogP contribution in [0.25, 0.3) is 0 Å². The molecule has 0 aliphatic carbocycles. The Bertz CT molecular complexity index is 1050. The molecule has 0 aliphatic rings. The topological polar surface area (TPSA) is 136 Å². The highest BCUT2D eigenvalue weighted by Gasteiger charge is 2.19. The first kappa shape index (κ1) is 22.0. The SMILES string of the molecule is Cc1c(NC(=O)COC(=O)c2ccc(S(=O)(=O)N(C)C)cc2)cccc1[N+](=O)[O-]. The standard InChI is InChI=1S/C18H19N3O7S/c1-12-15(5-4-6-16(12)21(24)25)19-17(22)11-28-18(23)13-7-9-14(10-8-13)29(26,27)20(2)3/h4-10H,11H2,1-3H3,(H,19,22). The number of ether oxygens (including phenoxy) is 1. The van der Waals surface area contributed by atoms with Gasteiger partial charge >= 0.3 is 5.97 Å². The molecule has 154 valence electrons. The summed E-state index contributed by atoms with van der Waals surface area (Å²) in [5, 5.41) is 13.4. The van der Waals surface area contributed by atoms with Gasteiger partial charge in [-0.05, 0) is 37.3 Å². The van der Waals surface area contributed by atoms with E-state index in [0.29, 0.717) is 0 Å². The summed E-state index contributed by atoms with van der Waals surface area (Å²) >= 11 is 0. The van der Waals surface area contributed by atoms with E-state index in [-0.39, 0.29) is 27.4 Å². The van der Waals surface area contributed by atoms with Gasteiger partial charge in [-0.15, -0.1) is 0 Å². The van der Waals surface area contributed by atoms with Crippen LogP contribution in [0.15, 0.2) is 47.4 Å². The number of hydrogen-bond donors (Lipinski definition) is 1. The van der Waals surface area contributed by atoms with Crippen LogP contribution in [0.4, 0.5) is 11.4 Å². The van der Waals surface area contributed by atoms with Crippen molar-refractivity contribution in [2.24, 2.45) is 0 Å². The molecule has 0 bridgehead atoms. The van der Waals surface area contributed by atoms with Crippen molar-refractivity contribution in [3.63, 3.8) is 0 Å². The summed E-state index contributed by atoms with van der Waals surface area (Å²) < 4.78 is 30.0. The number of nitrogens with one attached hydrogen (secondary N) is 1. The van der Waals surface area contributed by atoms with E-state index in [0.717, 1.165) is 4.31 Å². The lowest BCUT2D eigenvalue weighted by molar-refractivity contribution is -0.385. The van der Waals surface area contributed by atoms with E-state index < -0.39 is 33.4 Å². The van der Waals surface area contributed by atoms with Crippen LogP contribution in [-0.2, 0) is 19.6 Å². The van der Waals surface area contributed by atoms with Crippen LogP contribution in [-0.4, -0.2) is 50.2 Å². The Morgan fingerprint density at radius 2 is 1.76 bits per heavy atom. The molecular formula is C18H19N3O7S. The van der Waals surface area contributed by atoms with Gasteiger partial charge in [-0.1, -0.05) is 6.07 Å². The van der Waals surface area contributed by atoms with Gasteiger partial charge in [0.2, 0.25) is 10.0 Å². The number of benzene rings is 2. The Kier molecular flexibility index (Phi) is 6.67. The number of esters is 1. The number of carbonyl (C=O) groups excluding carboxylic acids is 2. The predicted octanol–water partition coefficient (Wildman–Crippen LogP) is 1.95. The van der Waals surface area contributed by atoms with Gasteiger partial charge in [0.15, 0.2) is 6.61 Å². The van der Waals surface area contributed by atoms with Crippen molar-refractivity contribution in [3.8, 4) is 0 Å². The normalized spacial score (nSPS) is 11.2. The summed E-state index contributed by atoms with van der Waals surface area (Å²) in [6.45, 7) is 0.877. The van der Waals surface area contributed by atoms with Crippen molar-refractivity contribution in [2.45, 2.75) is 11.8 Å². The number of nitro groups is 1. The zero-order valence-electron chi connectivity index (χ0n) is 15.9. The number of hydrogen-bond acceptors (Lipinski definition) is 7. The summed E-state index contributed by atoms with van der Waals surface area (Å²) in [7, 11) is -0.848. The summed E-state index contributed by atoms with van der Waals surface area (Å²) in [6.07, 6.45) is 0. The van der Waals surface area contributed by atoms with Gasteiger partial charge in [0.1, 0.15) is 0 Å². The third-order valence-electron chi connectivity index (χ3n) is 3.98. The molecule has 2 aromatic carbocycles. The summed E-state index contributed by atoms with van der Waals surface area (Å²) in [5.74, 6) is -1.49. The highest BCUT2D eigenvalue weighted by Crippen LogP contribution is 2.25. The van der Waals surface area contributed by atoms with Crippen LogP contribution < -0.4 is 5.32 Å². The van der Waals surface area contributed by atoms with Crippen molar-refractivity contribution in [1.82, 2.24) is 4.31 Å². The molecule has 0 saturated heterocycles. The minimum atomic E-state index is -3.62. The van der Waals surface area contributed by atoms with E-state index in [9.17, 15) is 28.1 Å². The Morgan fingerprint density at radius 1 is 1.14 bits per heavy atom. The first-order chi connectivity index (χ1) is 13.5. The third kappa shape index (κ3) is 5.15. The van der Waals surface area contributed by atoms with Gasteiger partial charge in [-0.25, -0.2) is 17.5 Å². The summed E-state index contributed by atoms with van der Waals surface area (Å²) in [4.78, 5) is 34.4. The van der Waals surface area contributed by atoms with E-state index >= 15 is 0 Å². The highest BCUT2D eigenvalue weighted by atomic mass is 32.2. The van der Waals surface area contributed by atoms with Crippen molar-refractivity contribution in [2.75, 3.05) is 26.0 Å². The van der Waals surface area contributed by atoms with Gasteiger partial charge in [-0.2, -0.15) is 0 Å². The number of carbonyl (C=O) groups is 2. The largest absolute Gasteiger partial charge is 0.452 e. The van der Waals surface area contributed by atoms with Crippen molar-refractivity contribution in [3.05, 3.63) is 63.7 Å². The van der Waals surface area contributed by atoms with Crippen LogP contribution in [0, 0.1) is 17.0 Å². The highest BCUT2D eigenvalue weighted by molar-refractivity contribution is 7.89. The van der Waals surface area contributed by atoms with Gasteiger partial charge in [0.05, 0.1) is 26.6 Å². The summed E-state index contributed by atoms with van der Waals surface area (Å²) in [6, 6.07) is 9.31. The van der Waals surface area contributed by atoms with Crippen LogP contribution in [0.5, 0.6) is 0 Å². The second kappa shape index (κ2) is 8.80. The van der Waals surface area contributed by atoms with Crippen molar-refractivity contribution < 1.29 is 27.7 Å².